The number of hydrogen-bond acceptors (Lipinski definition) is 3. The highest BCUT2D eigenvalue weighted by Crippen LogP contribution is 2.44. The van der Waals surface area contributed by atoms with Crippen LogP contribution >= 0.6 is 15.9 Å². The SMILES string of the molecule is CC1(CNS(=O)(=O)c2ccc(CO)cc2Br)CC1. The van der Waals surface area contributed by atoms with Crippen molar-refractivity contribution in [2.45, 2.75) is 31.3 Å². The zero-order chi connectivity index (χ0) is 13.4. The molecule has 0 unspecified atom stereocenters. The first-order valence-electron chi connectivity index (χ1n) is 5.75. The Bertz CT molecular complexity index is 552. The predicted molar refractivity (Wildman–Crippen MR) is 72.6 cm³/mol. The van der Waals surface area contributed by atoms with Crippen molar-refractivity contribution in [3.05, 3.63) is 28.2 Å². The Balaban J connectivity index is 2.18. The molecule has 1 aromatic carbocycles. The topological polar surface area (TPSA) is 66.4 Å². The van der Waals surface area contributed by atoms with Crippen LogP contribution in [0.5, 0.6) is 0 Å². The third-order valence-corrected chi connectivity index (χ3v) is 5.64. The highest BCUT2D eigenvalue weighted by molar-refractivity contribution is 9.10. The van der Waals surface area contributed by atoms with Crippen LogP contribution in [-0.4, -0.2) is 20.1 Å². The standard InChI is InChI=1S/C12H16BrNO3S/c1-12(4-5-12)8-14-18(16,17)11-3-2-9(7-15)6-10(11)13/h2-3,6,14-15H,4-5,7-8H2,1H3. The van der Waals surface area contributed by atoms with Gasteiger partial charge in [-0.1, -0.05) is 13.0 Å². The van der Waals surface area contributed by atoms with Crippen molar-refractivity contribution in [3.63, 3.8) is 0 Å². The molecule has 0 atom stereocenters. The molecular weight excluding hydrogens is 318 g/mol. The fourth-order valence-corrected chi connectivity index (χ4v) is 3.92. The van der Waals surface area contributed by atoms with Crippen LogP contribution in [0.1, 0.15) is 25.3 Å². The summed E-state index contributed by atoms with van der Waals surface area (Å²) >= 11 is 3.23. The molecule has 0 aromatic heterocycles. The van der Waals surface area contributed by atoms with Gasteiger partial charge in [0.05, 0.1) is 11.5 Å². The van der Waals surface area contributed by atoms with Gasteiger partial charge >= 0.3 is 0 Å². The second-order valence-electron chi connectivity index (χ2n) is 5.06. The number of sulfonamides is 1. The van der Waals surface area contributed by atoms with Crippen LogP contribution in [0.4, 0.5) is 0 Å². The van der Waals surface area contributed by atoms with Crippen molar-refractivity contribution in [1.29, 1.82) is 0 Å². The molecule has 2 N–H and O–H groups in total. The lowest BCUT2D eigenvalue weighted by molar-refractivity contribution is 0.281. The molecule has 0 bridgehead atoms. The van der Waals surface area contributed by atoms with Gasteiger partial charge in [0.15, 0.2) is 0 Å². The molecule has 0 saturated heterocycles. The van der Waals surface area contributed by atoms with Crippen LogP contribution < -0.4 is 4.72 Å². The van der Waals surface area contributed by atoms with Crippen LogP contribution in [0, 0.1) is 5.41 Å². The molecule has 1 fully saturated rings. The molecule has 1 saturated carbocycles. The Morgan fingerprint density at radius 1 is 1.44 bits per heavy atom. The van der Waals surface area contributed by atoms with Crippen LogP contribution in [0.15, 0.2) is 27.6 Å². The summed E-state index contributed by atoms with van der Waals surface area (Å²) in [5.41, 5.74) is 0.805. The molecule has 1 aliphatic carbocycles. The van der Waals surface area contributed by atoms with Crippen LogP contribution in [0.2, 0.25) is 0 Å². The molecule has 18 heavy (non-hydrogen) atoms. The zero-order valence-corrected chi connectivity index (χ0v) is 12.5. The van der Waals surface area contributed by atoms with E-state index in [4.69, 9.17) is 5.11 Å². The van der Waals surface area contributed by atoms with Gasteiger partial charge in [-0.15, -0.1) is 0 Å². The van der Waals surface area contributed by atoms with Crippen LogP contribution in [0.25, 0.3) is 0 Å². The number of hydrogen-bond donors (Lipinski definition) is 2. The summed E-state index contributed by atoms with van der Waals surface area (Å²) in [4.78, 5) is 0.212. The quantitative estimate of drug-likeness (QED) is 0.866. The van der Waals surface area contributed by atoms with Crippen molar-refractivity contribution in [2.24, 2.45) is 5.41 Å². The summed E-state index contributed by atoms with van der Waals surface area (Å²) in [6, 6.07) is 4.73. The molecule has 0 amide bonds. The molecule has 0 aliphatic heterocycles. The Morgan fingerprint density at radius 3 is 2.61 bits per heavy atom. The summed E-state index contributed by atoms with van der Waals surface area (Å²) in [5, 5.41) is 8.99. The lowest BCUT2D eigenvalue weighted by Gasteiger charge is -2.12. The molecule has 100 valence electrons. The molecule has 2 rings (SSSR count). The van der Waals surface area contributed by atoms with Gasteiger partial charge < -0.3 is 5.11 Å². The second-order valence-corrected chi connectivity index (χ2v) is 7.65. The van der Waals surface area contributed by atoms with E-state index in [0.717, 1.165) is 12.8 Å². The number of benzene rings is 1. The molecule has 4 nitrogen and oxygen atoms in total. The number of rotatable bonds is 5. The second kappa shape index (κ2) is 4.92. The van der Waals surface area contributed by atoms with E-state index in [9.17, 15) is 8.42 Å². The zero-order valence-electron chi connectivity index (χ0n) is 10.1. The van der Waals surface area contributed by atoms with Crippen LogP contribution in [-0.2, 0) is 16.6 Å². The summed E-state index contributed by atoms with van der Waals surface area (Å²) in [6.45, 7) is 2.44. The fourth-order valence-electron chi connectivity index (χ4n) is 1.60. The van der Waals surface area contributed by atoms with Crippen molar-refractivity contribution in [1.82, 2.24) is 4.72 Å². The van der Waals surface area contributed by atoms with Gasteiger partial charge in [-0.25, -0.2) is 13.1 Å². The summed E-state index contributed by atoms with van der Waals surface area (Å²) in [5.74, 6) is 0. The smallest absolute Gasteiger partial charge is 0.241 e. The molecule has 0 radical (unpaired) electrons. The van der Waals surface area contributed by atoms with Gasteiger partial charge in [0.2, 0.25) is 10.0 Å². The van der Waals surface area contributed by atoms with Gasteiger partial charge in [-0.3, -0.25) is 0 Å². The molecule has 0 heterocycles. The fraction of sp³-hybridized carbons (Fsp3) is 0.500. The van der Waals surface area contributed by atoms with Crippen molar-refractivity contribution in [2.75, 3.05) is 6.54 Å². The Hall–Kier alpha value is -0.430. The highest BCUT2D eigenvalue weighted by atomic mass is 79.9. The predicted octanol–water partition coefficient (Wildman–Crippen LogP) is 2.02. The summed E-state index contributed by atoms with van der Waals surface area (Å²) < 4.78 is 27.4. The van der Waals surface area contributed by atoms with Gasteiger partial charge in [-0.2, -0.15) is 0 Å². The maximum atomic E-state index is 12.1. The molecule has 1 aromatic rings. The Morgan fingerprint density at radius 2 is 2.11 bits per heavy atom. The van der Waals surface area contributed by atoms with Crippen LogP contribution in [0.3, 0.4) is 0 Å². The first-order chi connectivity index (χ1) is 8.36. The van der Waals surface area contributed by atoms with Crippen molar-refractivity contribution >= 4 is 26.0 Å². The maximum Gasteiger partial charge on any atom is 0.241 e. The average Bonchev–Trinajstić information content (AvgIpc) is 3.05. The lowest BCUT2D eigenvalue weighted by atomic mass is 10.2. The minimum absolute atomic E-state index is 0.107. The van der Waals surface area contributed by atoms with Gasteiger partial charge in [0, 0.05) is 11.0 Å². The molecule has 6 heteroatoms. The van der Waals surface area contributed by atoms with E-state index in [1.807, 2.05) is 0 Å². The van der Waals surface area contributed by atoms with Gasteiger partial charge in [0.1, 0.15) is 0 Å². The van der Waals surface area contributed by atoms with E-state index in [1.54, 1.807) is 12.1 Å². The van der Waals surface area contributed by atoms with Gasteiger partial charge in [0.25, 0.3) is 0 Å². The molecular formula is C12H16BrNO3S. The third-order valence-electron chi connectivity index (χ3n) is 3.26. The van der Waals surface area contributed by atoms with E-state index in [0.29, 0.717) is 16.6 Å². The number of aliphatic hydroxyl groups excluding tert-OH is 1. The van der Waals surface area contributed by atoms with Crippen molar-refractivity contribution in [3.8, 4) is 0 Å². The maximum absolute atomic E-state index is 12.1. The average molecular weight is 334 g/mol. The number of nitrogens with one attached hydrogen (secondary N) is 1. The van der Waals surface area contributed by atoms with E-state index in [2.05, 4.69) is 27.6 Å². The van der Waals surface area contributed by atoms with Gasteiger partial charge in [-0.05, 0) is 51.9 Å². The van der Waals surface area contributed by atoms with E-state index < -0.39 is 10.0 Å². The Kier molecular flexibility index (Phi) is 3.82. The number of aliphatic hydroxyl groups is 1. The highest BCUT2D eigenvalue weighted by Gasteiger charge is 2.38. The van der Waals surface area contributed by atoms with Crippen molar-refractivity contribution < 1.29 is 13.5 Å². The minimum atomic E-state index is -3.49. The number of halogens is 1. The summed E-state index contributed by atoms with van der Waals surface area (Å²) in [7, 11) is -3.49. The summed E-state index contributed by atoms with van der Waals surface area (Å²) in [6.07, 6.45) is 2.14. The molecule has 1 aliphatic rings. The normalized spacial score (nSPS) is 17.7. The Labute approximate surface area is 116 Å². The van der Waals surface area contributed by atoms with E-state index in [-0.39, 0.29) is 16.9 Å². The lowest BCUT2D eigenvalue weighted by Crippen LogP contribution is -2.29. The first kappa shape index (κ1) is 14.0. The van der Waals surface area contributed by atoms with E-state index >= 15 is 0 Å². The molecule has 0 spiro atoms. The monoisotopic (exact) mass is 333 g/mol. The largest absolute Gasteiger partial charge is 0.392 e. The minimum Gasteiger partial charge on any atom is -0.392 e. The third kappa shape index (κ3) is 3.12. The first-order valence-corrected chi connectivity index (χ1v) is 8.03. The van der Waals surface area contributed by atoms with E-state index in [1.165, 1.54) is 6.07 Å².